The van der Waals surface area contributed by atoms with Gasteiger partial charge in [-0.1, -0.05) is 26.2 Å². The van der Waals surface area contributed by atoms with Crippen molar-refractivity contribution in [2.24, 2.45) is 17.6 Å². The first-order chi connectivity index (χ1) is 7.79. The van der Waals surface area contributed by atoms with Crippen LogP contribution in [0.25, 0.3) is 0 Å². The highest BCUT2D eigenvalue weighted by Gasteiger charge is 2.19. The average molecular weight is 223 g/mol. The lowest BCUT2D eigenvalue weighted by molar-refractivity contribution is 0.257. The van der Waals surface area contributed by atoms with E-state index < -0.39 is 0 Å². The molecule has 1 aliphatic carbocycles. The number of aromatic nitrogens is 4. The van der Waals surface area contributed by atoms with Crippen LogP contribution in [0.5, 0.6) is 0 Å². The zero-order valence-corrected chi connectivity index (χ0v) is 9.97. The standard InChI is InChI=1S/C11H21N5/c1-9-3-2-4-10(7-9)5-6-16-11(8-12)13-14-15-16/h9-10H,2-8,12H2,1H3. The van der Waals surface area contributed by atoms with Crippen LogP contribution in [-0.4, -0.2) is 20.2 Å². The smallest absolute Gasteiger partial charge is 0.164 e. The van der Waals surface area contributed by atoms with Gasteiger partial charge in [-0.25, -0.2) is 4.68 Å². The van der Waals surface area contributed by atoms with Crippen LogP contribution < -0.4 is 5.73 Å². The number of hydrogen-bond donors (Lipinski definition) is 1. The Labute approximate surface area is 96.4 Å². The van der Waals surface area contributed by atoms with Gasteiger partial charge in [-0.3, -0.25) is 0 Å². The van der Waals surface area contributed by atoms with E-state index in [2.05, 4.69) is 22.4 Å². The fraction of sp³-hybridized carbons (Fsp3) is 0.909. The van der Waals surface area contributed by atoms with Crippen LogP contribution in [0.2, 0.25) is 0 Å². The van der Waals surface area contributed by atoms with Crippen molar-refractivity contribution in [1.82, 2.24) is 20.2 Å². The molecule has 16 heavy (non-hydrogen) atoms. The molecule has 2 N–H and O–H groups in total. The van der Waals surface area contributed by atoms with E-state index in [4.69, 9.17) is 5.73 Å². The second-order valence-electron chi connectivity index (χ2n) is 4.95. The minimum atomic E-state index is 0.425. The largest absolute Gasteiger partial charge is 0.324 e. The highest BCUT2D eigenvalue weighted by atomic mass is 15.5. The zero-order valence-electron chi connectivity index (χ0n) is 9.97. The summed E-state index contributed by atoms with van der Waals surface area (Å²) < 4.78 is 1.85. The van der Waals surface area contributed by atoms with Crippen molar-refractivity contribution in [2.75, 3.05) is 0 Å². The molecule has 1 aromatic rings. The van der Waals surface area contributed by atoms with Crippen molar-refractivity contribution in [3.8, 4) is 0 Å². The van der Waals surface area contributed by atoms with Gasteiger partial charge in [-0.15, -0.1) is 5.10 Å². The van der Waals surface area contributed by atoms with Gasteiger partial charge in [0.25, 0.3) is 0 Å². The number of aryl methyl sites for hydroxylation is 1. The quantitative estimate of drug-likeness (QED) is 0.836. The lowest BCUT2D eigenvalue weighted by atomic mass is 9.81. The maximum atomic E-state index is 5.56. The van der Waals surface area contributed by atoms with E-state index in [1.165, 1.54) is 32.1 Å². The van der Waals surface area contributed by atoms with E-state index >= 15 is 0 Å². The first-order valence-corrected chi connectivity index (χ1v) is 6.24. The molecular formula is C11H21N5. The second-order valence-corrected chi connectivity index (χ2v) is 4.95. The molecule has 2 rings (SSSR count). The Morgan fingerprint density at radius 3 is 3.06 bits per heavy atom. The van der Waals surface area contributed by atoms with Crippen LogP contribution in [0.15, 0.2) is 0 Å². The molecule has 0 bridgehead atoms. The molecule has 0 aromatic carbocycles. The summed E-state index contributed by atoms with van der Waals surface area (Å²) in [5.41, 5.74) is 5.56. The number of hydrogen-bond acceptors (Lipinski definition) is 4. The fourth-order valence-electron chi connectivity index (χ4n) is 2.67. The Balaban J connectivity index is 1.82. The monoisotopic (exact) mass is 223 g/mol. The third kappa shape index (κ3) is 2.78. The van der Waals surface area contributed by atoms with E-state index in [1.807, 2.05) is 4.68 Å². The van der Waals surface area contributed by atoms with E-state index in [9.17, 15) is 0 Å². The minimum Gasteiger partial charge on any atom is -0.324 e. The van der Waals surface area contributed by atoms with Crippen molar-refractivity contribution in [1.29, 1.82) is 0 Å². The zero-order chi connectivity index (χ0) is 11.4. The summed E-state index contributed by atoms with van der Waals surface area (Å²) in [4.78, 5) is 0. The Morgan fingerprint density at radius 2 is 2.31 bits per heavy atom. The molecule has 2 atom stereocenters. The molecule has 1 fully saturated rings. The molecule has 0 amide bonds. The normalized spacial score (nSPS) is 25.9. The van der Waals surface area contributed by atoms with Gasteiger partial charge in [0.1, 0.15) is 0 Å². The molecule has 0 saturated heterocycles. The molecule has 0 radical (unpaired) electrons. The van der Waals surface area contributed by atoms with E-state index in [-0.39, 0.29) is 0 Å². The van der Waals surface area contributed by atoms with Gasteiger partial charge in [-0.2, -0.15) is 0 Å². The summed E-state index contributed by atoms with van der Waals surface area (Å²) in [7, 11) is 0. The van der Waals surface area contributed by atoms with Gasteiger partial charge in [0.05, 0.1) is 6.54 Å². The van der Waals surface area contributed by atoms with Crippen LogP contribution in [-0.2, 0) is 13.1 Å². The van der Waals surface area contributed by atoms with Gasteiger partial charge in [-0.05, 0) is 35.1 Å². The van der Waals surface area contributed by atoms with Crippen molar-refractivity contribution in [3.63, 3.8) is 0 Å². The van der Waals surface area contributed by atoms with E-state index in [0.717, 1.165) is 24.2 Å². The molecule has 1 heterocycles. The predicted molar refractivity (Wildman–Crippen MR) is 61.4 cm³/mol. The molecule has 1 saturated carbocycles. The predicted octanol–water partition coefficient (Wildman–Crippen LogP) is 1.35. The Hall–Kier alpha value is -0.970. The lowest BCUT2D eigenvalue weighted by Gasteiger charge is -2.26. The summed E-state index contributed by atoms with van der Waals surface area (Å²) in [6.07, 6.45) is 6.69. The third-order valence-corrected chi connectivity index (χ3v) is 3.58. The lowest BCUT2D eigenvalue weighted by Crippen LogP contribution is -2.17. The highest BCUT2D eigenvalue weighted by Crippen LogP contribution is 2.30. The van der Waals surface area contributed by atoms with Gasteiger partial charge in [0.2, 0.25) is 0 Å². The first-order valence-electron chi connectivity index (χ1n) is 6.24. The van der Waals surface area contributed by atoms with Gasteiger partial charge in [0.15, 0.2) is 5.82 Å². The molecule has 5 nitrogen and oxygen atoms in total. The summed E-state index contributed by atoms with van der Waals surface area (Å²) in [6, 6.07) is 0. The summed E-state index contributed by atoms with van der Waals surface area (Å²) in [5, 5.41) is 11.5. The summed E-state index contributed by atoms with van der Waals surface area (Å²) in [5.74, 6) is 2.53. The molecule has 1 aliphatic rings. The SMILES string of the molecule is CC1CCCC(CCn2nnnc2CN)C1. The van der Waals surface area contributed by atoms with Crippen molar-refractivity contribution in [2.45, 2.75) is 52.1 Å². The van der Waals surface area contributed by atoms with Gasteiger partial charge < -0.3 is 5.73 Å². The van der Waals surface area contributed by atoms with Crippen LogP contribution in [0.4, 0.5) is 0 Å². The van der Waals surface area contributed by atoms with Crippen molar-refractivity contribution < 1.29 is 0 Å². The Kier molecular flexibility index (Phi) is 3.88. The number of rotatable bonds is 4. The molecule has 5 heteroatoms. The van der Waals surface area contributed by atoms with Crippen LogP contribution in [0.3, 0.4) is 0 Å². The van der Waals surface area contributed by atoms with Crippen molar-refractivity contribution in [3.05, 3.63) is 5.82 Å². The Morgan fingerprint density at radius 1 is 1.44 bits per heavy atom. The first kappa shape index (κ1) is 11.5. The van der Waals surface area contributed by atoms with Crippen molar-refractivity contribution >= 4 is 0 Å². The average Bonchev–Trinajstić information content (AvgIpc) is 2.74. The van der Waals surface area contributed by atoms with Crippen LogP contribution in [0, 0.1) is 11.8 Å². The van der Waals surface area contributed by atoms with Gasteiger partial charge in [0, 0.05) is 6.54 Å². The fourth-order valence-corrected chi connectivity index (χ4v) is 2.67. The topological polar surface area (TPSA) is 69.6 Å². The molecule has 1 aromatic heterocycles. The summed E-state index contributed by atoms with van der Waals surface area (Å²) in [6.45, 7) is 3.69. The maximum Gasteiger partial charge on any atom is 0.164 e. The number of tetrazole rings is 1. The summed E-state index contributed by atoms with van der Waals surface area (Å²) >= 11 is 0. The van der Waals surface area contributed by atoms with Gasteiger partial charge >= 0.3 is 0 Å². The molecule has 0 spiro atoms. The third-order valence-electron chi connectivity index (χ3n) is 3.58. The van der Waals surface area contributed by atoms with E-state index in [0.29, 0.717) is 6.54 Å². The molecular weight excluding hydrogens is 202 g/mol. The minimum absolute atomic E-state index is 0.425. The van der Waals surface area contributed by atoms with Crippen LogP contribution >= 0.6 is 0 Å². The number of nitrogens with two attached hydrogens (primary N) is 1. The molecule has 2 unspecified atom stereocenters. The highest BCUT2D eigenvalue weighted by molar-refractivity contribution is 4.79. The second kappa shape index (κ2) is 5.39. The maximum absolute atomic E-state index is 5.56. The van der Waals surface area contributed by atoms with E-state index in [1.54, 1.807) is 0 Å². The molecule has 0 aliphatic heterocycles. The Bertz CT molecular complexity index is 322. The number of nitrogens with zero attached hydrogens (tertiary/aromatic N) is 4. The molecule has 90 valence electrons. The van der Waals surface area contributed by atoms with Crippen LogP contribution in [0.1, 0.15) is 44.9 Å².